The van der Waals surface area contributed by atoms with Crippen molar-refractivity contribution in [2.75, 3.05) is 5.75 Å². The number of aromatic nitrogens is 1. The zero-order valence-corrected chi connectivity index (χ0v) is 10.3. The van der Waals surface area contributed by atoms with Crippen molar-refractivity contribution in [1.29, 1.82) is 0 Å². The summed E-state index contributed by atoms with van der Waals surface area (Å²) in [5.41, 5.74) is 2.12. The molecule has 0 spiro atoms. The summed E-state index contributed by atoms with van der Waals surface area (Å²) in [7, 11) is 0. The Morgan fingerprint density at radius 3 is 3.12 bits per heavy atom. The molecule has 82 valence electrons. The van der Waals surface area contributed by atoms with Crippen LogP contribution in [0.3, 0.4) is 0 Å². The molecule has 2 aromatic rings. The summed E-state index contributed by atoms with van der Waals surface area (Å²) in [5, 5.41) is 0. The molecule has 0 amide bonds. The Labute approximate surface area is 102 Å². The van der Waals surface area contributed by atoms with Crippen LogP contribution in [-0.2, 0) is 12.2 Å². The van der Waals surface area contributed by atoms with Gasteiger partial charge >= 0.3 is 0 Å². The van der Waals surface area contributed by atoms with Gasteiger partial charge in [0, 0.05) is 28.6 Å². The third-order valence-electron chi connectivity index (χ3n) is 2.71. The number of hydrogen-bond acceptors (Lipinski definition) is 3. The molecule has 2 aromatic heterocycles. The van der Waals surface area contributed by atoms with Crippen LogP contribution in [0.2, 0.25) is 0 Å². The molecular weight excluding hydrogens is 238 g/mol. The third-order valence-corrected chi connectivity index (χ3v) is 4.96. The second kappa shape index (κ2) is 4.11. The number of nitrogens with one attached hydrogen (secondary N) is 1. The normalized spacial score (nSPS) is 14.8. The highest BCUT2D eigenvalue weighted by atomic mass is 32.2. The Morgan fingerprint density at radius 2 is 2.38 bits per heavy atom. The number of H-pyrrole nitrogens is 1. The number of thioether (sulfide) groups is 1. The Balaban J connectivity index is 1.95. The van der Waals surface area contributed by atoms with Crippen molar-refractivity contribution in [3.63, 3.8) is 0 Å². The van der Waals surface area contributed by atoms with Gasteiger partial charge in [-0.1, -0.05) is 0 Å². The van der Waals surface area contributed by atoms with Gasteiger partial charge in [-0.2, -0.15) is 11.8 Å². The van der Waals surface area contributed by atoms with E-state index in [9.17, 15) is 4.79 Å². The molecule has 0 saturated heterocycles. The van der Waals surface area contributed by atoms with Crippen LogP contribution in [0.1, 0.15) is 25.7 Å². The second-order valence-corrected chi connectivity index (χ2v) is 6.03. The Kier molecular flexibility index (Phi) is 2.61. The predicted molar refractivity (Wildman–Crippen MR) is 68.4 cm³/mol. The van der Waals surface area contributed by atoms with E-state index in [1.54, 1.807) is 23.7 Å². The maximum atomic E-state index is 12.1. The van der Waals surface area contributed by atoms with Gasteiger partial charge < -0.3 is 4.98 Å². The number of carbonyl (C=O) groups is 1. The van der Waals surface area contributed by atoms with Crippen LogP contribution >= 0.6 is 23.1 Å². The van der Waals surface area contributed by atoms with Crippen LogP contribution in [0.15, 0.2) is 24.5 Å². The summed E-state index contributed by atoms with van der Waals surface area (Å²) >= 11 is 3.61. The first-order valence-corrected chi connectivity index (χ1v) is 7.18. The van der Waals surface area contributed by atoms with Gasteiger partial charge in [0.15, 0.2) is 0 Å². The smallest absolute Gasteiger partial charge is 0.204 e. The fourth-order valence-electron chi connectivity index (χ4n) is 1.87. The maximum Gasteiger partial charge on any atom is 0.204 e. The van der Waals surface area contributed by atoms with E-state index in [-0.39, 0.29) is 5.78 Å². The van der Waals surface area contributed by atoms with E-state index in [1.807, 2.05) is 17.8 Å². The van der Waals surface area contributed by atoms with Crippen molar-refractivity contribution in [2.24, 2.45) is 0 Å². The van der Waals surface area contributed by atoms with Crippen LogP contribution < -0.4 is 0 Å². The molecule has 3 rings (SSSR count). The number of thiophene rings is 1. The van der Waals surface area contributed by atoms with E-state index >= 15 is 0 Å². The van der Waals surface area contributed by atoms with Gasteiger partial charge in [0.25, 0.3) is 0 Å². The predicted octanol–water partition coefficient (Wildman–Crippen LogP) is 3.10. The Morgan fingerprint density at radius 1 is 1.44 bits per heavy atom. The monoisotopic (exact) mass is 249 g/mol. The van der Waals surface area contributed by atoms with Gasteiger partial charge in [-0.05, 0) is 29.9 Å². The molecule has 0 fully saturated rings. The summed E-state index contributed by atoms with van der Waals surface area (Å²) < 4.78 is 0. The van der Waals surface area contributed by atoms with Crippen LogP contribution in [0.5, 0.6) is 0 Å². The topological polar surface area (TPSA) is 32.9 Å². The van der Waals surface area contributed by atoms with Gasteiger partial charge in [0.1, 0.15) is 0 Å². The Hall–Kier alpha value is -1.000. The lowest BCUT2D eigenvalue weighted by molar-refractivity contribution is 0.104. The van der Waals surface area contributed by atoms with Gasteiger partial charge in [-0.3, -0.25) is 4.79 Å². The molecule has 1 aliphatic rings. The molecule has 16 heavy (non-hydrogen) atoms. The van der Waals surface area contributed by atoms with Crippen molar-refractivity contribution in [3.05, 3.63) is 45.4 Å². The quantitative estimate of drug-likeness (QED) is 0.830. The minimum Gasteiger partial charge on any atom is -0.367 e. The maximum absolute atomic E-state index is 12.1. The van der Waals surface area contributed by atoms with E-state index < -0.39 is 0 Å². The van der Waals surface area contributed by atoms with Gasteiger partial charge in [-0.15, -0.1) is 11.3 Å². The van der Waals surface area contributed by atoms with E-state index in [1.165, 1.54) is 16.2 Å². The standard InChI is InChI=1S/C12H11NOS2/c14-12(8-1-3-13-6-8)11-5-9-7-15-4-2-10(9)16-11/h1,3,5-6,13H,2,4,7H2. The zero-order valence-electron chi connectivity index (χ0n) is 8.66. The lowest BCUT2D eigenvalue weighted by Gasteiger charge is -2.08. The van der Waals surface area contributed by atoms with Gasteiger partial charge in [0.05, 0.1) is 4.88 Å². The van der Waals surface area contributed by atoms with Crippen molar-refractivity contribution in [1.82, 2.24) is 4.98 Å². The molecule has 0 aromatic carbocycles. The number of ketones is 1. The van der Waals surface area contributed by atoms with Crippen molar-refractivity contribution in [3.8, 4) is 0 Å². The lowest BCUT2D eigenvalue weighted by atomic mass is 10.1. The number of aromatic amines is 1. The van der Waals surface area contributed by atoms with E-state index in [2.05, 4.69) is 11.1 Å². The molecule has 0 radical (unpaired) electrons. The van der Waals surface area contributed by atoms with E-state index in [0.717, 1.165) is 22.6 Å². The molecule has 1 N–H and O–H groups in total. The summed E-state index contributed by atoms with van der Waals surface area (Å²) in [6.07, 6.45) is 4.66. The van der Waals surface area contributed by atoms with Crippen molar-refractivity contribution >= 4 is 28.9 Å². The molecule has 0 unspecified atom stereocenters. The first-order valence-electron chi connectivity index (χ1n) is 5.21. The highest BCUT2D eigenvalue weighted by Gasteiger charge is 2.18. The fourth-order valence-corrected chi connectivity index (χ4v) is 4.20. The molecule has 3 heterocycles. The number of aryl methyl sites for hydroxylation is 1. The van der Waals surface area contributed by atoms with E-state index in [4.69, 9.17) is 0 Å². The summed E-state index contributed by atoms with van der Waals surface area (Å²) in [5.74, 6) is 2.39. The van der Waals surface area contributed by atoms with Gasteiger partial charge in [-0.25, -0.2) is 0 Å². The number of carbonyl (C=O) groups excluding carboxylic acids is 1. The van der Waals surface area contributed by atoms with Crippen molar-refractivity contribution < 1.29 is 4.79 Å². The van der Waals surface area contributed by atoms with E-state index in [0.29, 0.717) is 0 Å². The highest BCUT2D eigenvalue weighted by molar-refractivity contribution is 7.98. The first kappa shape index (κ1) is 10.2. The SMILES string of the molecule is O=C(c1cc[nH]c1)c1cc2c(s1)CCSC2. The molecule has 4 heteroatoms. The minimum absolute atomic E-state index is 0.144. The molecule has 1 aliphatic heterocycles. The summed E-state index contributed by atoms with van der Waals surface area (Å²) in [4.78, 5) is 17.3. The highest BCUT2D eigenvalue weighted by Crippen LogP contribution is 2.32. The number of hydrogen-bond donors (Lipinski definition) is 1. The second-order valence-electron chi connectivity index (χ2n) is 3.79. The molecule has 0 bridgehead atoms. The van der Waals surface area contributed by atoms with Crippen LogP contribution in [0, 0.1) is 0 Å². The number of rotatable bonds is 2. The summed E-state index contributed by atoms with van der Waals surface area (Å²) in [6, 6.07) is 3.90. The molecule has 0 saturated carbocycles. The molecule has 0 aliphatic carbocycles. The summed E-state index contributed by atoms with van der Waals surface area (Å²) in [6.45, 7) is 0. The average molecular weight is 249 g/mol. The zero-order chi connectivity index (χ0) is 11.0. The Bertz CT molecular complexity index is 490. The molecular formula is C12H11NOS2. The minimum atomic E-state index is 0.144. The van der Waals surface area contributed by atoms with Gasteiger partial charge in [0.2, 0.25) is 5.78 Å². The molecule has 2 nitrogen and oxygen atoms in total. The fraction of sp³-hybridized carbons (Fsp3) is 0.250. The van der Waals surface area contributed by atoms with Crippen LogP contribution in [0.25, 0.3) is 0 Å². The average Bonchev–Trinajstić information content (AvgIpc) is 2.97. The lowest BCUT2D eigenvalue weighted by Crippen LogP contribution is -1.96. The van der Waals surface area contributed by atoms with Crippen LogP contribution in [0.4, 0.5) is 0 Å². The van der Waals surface area contributed by atoms with Crippen molar-refractivity contribution in [2.45, 2.75) is 12.2 Å². The molecule has 0 atom stereocenters. The third kappa shape index (κ3) is 1.72. The first-order chi connectivity index (χ1) is 7.84. The largest absolute Gasteiger partial charge is 0.367 e. The number of fused-ring (bicyclic) bond motifs is 1. The van der Waals surface area contributed by atoms with Crippen LogP contribution in [-0.4, -0.2) is 16.5 Å².